The fourth-order valence-corrected chi connectivity index (χ4v) is 0.654. The lowest BCUT2D eigenvalue weighted by molar-refractivity contribution is -0.312. The van der Waals surface area contributed by atoms with Gasteiger partial charge in [-0.1, -0.05) is 13.5 Å². The maximum Gasteiger partial charge on any atom is 0.434 e. The number of carbonyl (C=O) groups is 1. The van der Waals surface area contributed by atoms with Crippen LogP contribution in [0.15, 0.2) is 12.2 Å². The number of esters is 1. The predicted octanol–water partition coefficient (Wildman–Crippen LogP) is 2.99. The van der Waals surface area contributed by atoms with Crippen LogP contribution in [-0.4, -0.2) is 24.4 Å². The molecule has 2 nitrogen and oxygen atoms in total. The van der Waals surface area contributed by atoms with E-state index in [1.807, 2.05) is 0 Å². The lowest BCUT2D eigenvalue weighted by Gasteiger charge is -2.22. The van der Waals surface area contributed by atoms with Crippen LogP contribution >= 0.6 is 0 Å². The van der Waals surface area contributed by atoms with Gasteiger partial charge in [-0.05, 0) is 6.42 Å². The van der Waals surface area contributed by atoms with E-state index in [9.17, 15) is 31.1 Å². The Bertz CT molecular complexity index is 263. The number of hydrogen-bond donors (Lipinski definition) is 0. The molecule has 0 aliphatic carbocycles. The Labute approximate surface area is 86.9 Å². The van der Waals surface area contributed by atoms with Crippen LogP contribution in [-0.2, 0) is 9.53 Å². The zero-order valence-corrected chi connectivity index (χ0v) is 8.08. The van der Waals surface area contributed by atoms with Gasteiger partial charge in [0.15, 0.2) is 0 Å². The van der Waals surface area contributed by atoms with Crippen molar-refractivity contribution in [2.24, 2.45) is 0 Å². The molecule has 0 atom stereocenters. The number of rotatable bonds is 3. The summed E-state index contributed by atoms with van der Waals surface area (Å²) in [6, 6.07) is 0. The largest absolute Gasteiger partial charge is 0.439 e. The zero-order valence-electron chi connectivity index (χ0n) is 8.08. The normalized spacial score (nSPS) is 12.8. The fourth-order valence-electron chi connectivity index (χ4n) is 0.654. The number of hydrogen-bond acceptors (Lipinski definition) is 2. The average Bonchev–Trinajstić information content (AvgIpc) is 2.08. The van der Waals surface area contributed by atoms with Gasteiger partial charge in [0.05, 0.1) is 0 Å². The fraction of sp³-hybridized carbons (Fsp3) is 0.625. The van der Waals surface area contributed by atoms with E-state index in [0.29, 0.717) is 0 Å². The summed E-state index contributed by atoms with van der Waals surface area (Å²) in [6.45, 7) is 4.33. The van der Waals surface area contributed by atoms with Gasteiger partial charge in [0.1, 0.15) is 0 Å². The van der Waals surface area contributed by atoms with Crippen LogP contribution in [0.2, 0.25) is 0 Å². The summed E-state index contributed by atoms with van der Waals surface area (Å²) in [5.74, 6) is -1.71. The maximum atomic E-state index is 11.9. The lowest BCUT2D eigenvalue weighted by atomic mass is 10.2. The first-order chi connectivity index (χ1) is 7.00. The standard InChI is InChI=1S/C8H8F6O2/c1-3-4(2)5(15)16-6(7(9,10)11)8(12,13)14/h6H,2-3H2,1H3. The van der Waals surface area contributed by atoms with E-state index in [-0.39, 0.29) is 6.42 Å². The number of halogens is 6. The van der Waals surface area contributed by atoms with Gasteiger partial charge in [-0.3, -0.25) is 0 Å². The molecule has 0 amide bonds. The molecule has 0 aromatic heterocycles. The van der Waals surface area contributed by atoms with Gasteiger partial charge in [0.25, 0.3) is 6.10 Å². The second-order valence-electron chi connectivity index (χ2n) is 2.83. The van der Waals surface area contributed by atoms with Crippen LogP contribution in [0.4, 0.5) is 26.3 Å². The van der Waals surface area contributed by atoms with Crippen LogP contribution in [0.1, 0.15) is 13.3 Å². The molecular formula is C8H8F6O2. The summed E-state index contributed by atoms with van der Waals surface area (Å²) in [4.78, 5) is 10.8. The molecular weight excluding hydrogens is 242 g/mol. The Kier molecular flexibility index (Phi) is 4.39. The first kappa shape index (κ1) is 14.8. The highest BCUT2D eigenvalue weighted by molar-refractivity contribution is 5.87. The Morgan fingerprint density at radius 1 is 1.19 bits per heavy atom. The summed E-state index contributed by atoms with van der Waals surface area (Å²) in [6.07, 6.45) is -15.6. The van der Waals surface area contributed by atoms with E-state index in [0.717, 1.165) is 0 Å². The van der Waals surface area contributed by atoms with Crippen molar-refractivity contribution in [2.45, 2.75) is 31.8 Å². The second kappa shape index (κ2) is 4.75. The van der Waals surface area contributed by atoms with Gasteiger partial charge >= 0.3 is 18.3 Å². The Morgan fingerprint density at radius 2 is 1.56 bits per heavy atom. The van der Waals surface area contributed by atoms with Crippen LogP contribution < -0.4 is 0 Å². The minimum atomic E-state index is -5.69. The van der Waals surface area contributed by atoms with E-state index >= 15 is 0 Å². The summed E-state index contributed by atoms with van der Waals surface area (Å²) >= 11 is 0. The molecule has 0 unspecified atom stereocenters. The molecule has 0 aliphatic rings. The Balaban J connectivity index is 4.85. The Morgan fingerprint density at radius 3 is 1.81 bits per heavy atom. The third kappa shape index (κ3) is 4.11. The molecule has 0 saturated carbocycles. The average molecular weight is 250 g/mol. The van der Waals surface area contributed by atoms with E-state index in [2.05, 4.69) is 11.3 Å². The summed E-state index contributed by atoms with van der Waals surface area (Å²) in [7, 11) is 0. The van der Waals surface area contributed by atoms with Gasteiger partial charge in [0, 0.05) is 5.57 Å². The highest BCUT2D eigenvalue weighted by Gasteiger charge is 2.59. The molecule has 0 saturated heterocycles. The van der Waals surface area contributed by atoms with Crippen molar-refractivity contribution >= 4 is 5.97 Å². The summed E-state index contributed by atoms with van der Waals surface area (Å²) in [5, 5.41) is 0. The molecule has 0 bridgehead atoms. The van der Waals surface area contributed by atoms with Crippen molar-refractivity contribution in [3.8, 4) is 0 Å². The van der Waals surface area contributed by atoms with Crippen LogP contribution in [0.25, 0.3) is 0 Å². The van der Waals surface area contributed by atoms with Crippen LogP contribution in [0.5, 0.6) is 0 Å². The molecule has 8 heteroatoms. The molecule has 94 valence electrons. The third-order valence-electron chi connectivity index (χ3n) is 1.53. The Hall–Kier alpha value is -1.21. The predicted molar refractivity (Wildman–Crippen MR) is 41.4 cm³/mol. The topological polar surface area (TPSA) is 26.3 Å². The zero-order chi connectivity index (χ0) is 13.1. The van der Waals surface area contributed by atoms with Crippen LogP contribution in [0, 0.1) is 0 Å². The van der Waals surface area contributed by atoms with Crippen molar-refractivity contribution in [1.82, 2.24) is 0 Å². The first-order valence-corrected chi connectivity index (χ1v) is 4.02. The molecule has 0 fully saturated rings. The smallest absolute Gasteiger partial charge is 0.434 e. The third-order valence-corrected chi connectivity index (χ3v) is 1.53. The number of alkyl halides is 6. The lowest BCUT2D eigenvalue weighted by Crippen LogP contribution is -2.45. The van der Waals surface area contributed by atoms with Crippen molar-refractivity contribution in [3.63, 3.8) is 0 Å². The highest BCUT2D eigenvalue weighted by atomic mass is 19.4. The maximum absolute atomic E-state index is 11.9. The molecule has 0 radical (unpaired) electrons. The summed E-state index contributed by atoms with van der Waals surface area (Å²) < 4.78 is 74.8. The quantitative estimate of drug-likeness (QED) is 0.437. The van der Waals surface area contributed by atoms with Gasteiger partial charge < -0.3 is 4.74 Å². The van der Waals surface area contributed by atoms with Gasteiger partial charge in [-0.15, -0.1) is 0 Å². The minimum Gasteiger partial charge on any atom is -0.439 e. The van der Waals surface area contributed by atoms with Crippen molar-refractivity contribution in [3.05, 3.63) is 12.2 Å². The molecule has 16 heavy (non-hydrogen) atoms. The van der Waals surface area contributed by atoms with E-state index in [4.69, 9.17) is 0 Å². The van der Waals surface area contributed by atoms with Gasteiger partial charge in [0.2, 0.25) is 0 Å². The molecule has 0 aliphatic heterocycles. The van der Waals surface area contributed by atoms with E-state index < -0.39 is 30.0 Å². The molecule has 0 heterocycles. The summed E-state index contributed by atoms with van der Waals surface area (Å²) in [5.41, 5.74) is -0.460. The highest BCUT2D eigenvalue weighted by Crippen LogP contribution is 2.36. The first-order valence-electron chi connectivity index (χ1n) is 4.02. The minimum absolute atomic E-state index is 0.0960. The molecule has 0 aromatic rings. The van der Waals surface area contributed by atoms with Crippen molar-refractivity contribution < 1.29 is 35.9 Å². The van der Waals surface area contributed by atoms with Crippen LogP contribution in [0.3, 0.4) is 0 Å². The van der Waals surface area contributed by atoms with Gasteiger partial charge in [-0.25, -0.2) is 4.79 Å². The molecule has 0 rings (SSSR count). The molecule has 0 N–H and O–H groups in total. The van der Waals surface area contributed by atoms with Crippen molar-refractivity contribution in [2.75, 3.05) is 0 Å². The monoisotopic (exact) mass is 250 g/mol. The molecule has 0 aromatic carbocycles. The molecule has 0 spiro atoms. The van der Waals surface area contributed by atoms with E-state index in [1.54, 1.807) is 0 Å². The van der Waals surface area contributed by atoms with Crippen molar-refractivity contribution in [1.29, 1.82) is 0 Å². The van der Waals surface area contributed by atoms with E-state index in [1.165, 1.54) is 6.92 Å². The SMILES string of the molecule is C=C(CC)C(=O)OC(C(F)(F)F)C(F)(F)F. The second-order valence-corrected chi connectivity index (χ2v) is 2.83. The number of ether oxygens (including phenoxy) is 1. The number of carbonyl (C=O) groups excluding carboxylic acids is 1. The van der Waals surface area contributed by atoms with Gasteiger partial charge in [-0.2, -0.15) is 26.3 Å².